The minimum absolute atomic E-state index is 0.243. The molecule has 0 aromatic carbocycles. The summed E-state index contributed by atoms with van der Waals surface area (Å²) < 4.78 is 5.31. The van der Waals surface area contributed by atoms with Gasteiger partial charge in [0.2, 0.25) is 11.9 Å². The third-order valence-corrected chi connectivity index (χ3v) is 4.61. The van der Waals surface area contributed by atoms with Gasteiger partial charge < -0.3 is 10.1 Å². The van der Waals surface area contributed by atoms with Gasteiger partial charge in [0, 0.05) is 11.3 Å². The Labute approximate surface area is 110 Å². The van der Waals surface area contributed by atoms with Crippen LogP contribution in [0, 0.1) is 0 Å². The number of ether oxygens (including phenoxy) is 1. The maximum atomic E-state index is 5.30. The lowest BCUT2D eigenvalue weighted by Gasteiger charge is -2.40. The van der Waals surface area contributed by atoms with Crippen molar-refractivity contribution in [3.8, 4) is 6.01 Å². The molecule has 0 unspecified atom stereocenters. The van der Waals surface area contributed by atoms with E-state index in [4.69, 9.17) is 10.6 Å². The van der Waals surface area contributed by atoms with Crippen molar-refractivity contribution in [1.29, 1.82) is 0 Å². The smallest absolute Gasteiger partial charge is 0.322 e. The van der Waals surface area contributed by atoms with Crippen LogP contribution in [0.1, 0.15) is 19.3 Å². The molecule has 0 atom stereocenters. The molecule has 0 bridgehead atoms. The molecule has 1 aliphatic carbocycles. The first-order valence-electron chi connectivity index (χ1n) is 5.77. The van der Waals surface area contributed by atoms with E-state index in [-0.39, 0.29) is 12.0 Å². The Bertz CT molecular complexity index is 384. The number of nitrogens with one attached hydrogen (secondary N) is 2. The highest BCUT2D eigenvalue weighted by molar-refractivity contribution is 8.00. The summed E-state index contributed by atoms with van der Waals surface area (Å²) in [6.07, 6.45) is 5.89. The molecule has 18 heavy (non-hydrogen) atoms. The van der Waals surface area contributed by atoms with Crippen LogP contribution in [0.2, 0.25) is 0 Å². The molecule has 100 valence electrons. The number of hydrazine groups is 1. The SMILES string of the molecule is COc1nc(NN)nc(NCC2(SC)CCC2)n1. The topological polar surface area (TPSA) is 98.0 Å². The predicted molar refractivity (Wildman–Crippen MR) is 72.8 cm³/mol. The van der Waals surface area contributed by atoms with Crippen molar-refractivity contribution in [2.24, 2.45) is 5.84 Å². The van der Waals surface area contributed by atoms with Crippen LogP contribution in [0.3, 0.4) is 0 Å². The van der Waals surface area contributed by atoms with E-state index in [1.54, 1.807) is 0 Å². The van der Waals surface area contributed by atoms with Gasteiger partial charge in [-0.1, -0.05) is 6.42 Å². The van der Waals surface area contributed by atoms with Gasteiger partial charge in [-0.05, 0) is 19.1 Å². The Hall–Kier alpha value is -1.28. The quantitative estimate of drug-likeness (QED) is 0.517. The van der Waals surface area contributed by atoms with Gasteiger partial charge in [-0.25, -0.2) is 5.84 Å². The van der Waals surface area contributed by atoms with E-state index >= 15 is 0 Å². The lowest BCUT2D eigenvalue weighted by molar-refractivity contribution is 0.374. The fourth-order valence-electron chi connectivity index (χ4n) is 1.86. The van der Waals surface area contributed by atoms with Crippen molar-refractivity contribution >= 4 is 23.7 Å². The van der Waals surface area contributed by atoms with Crippen molar-refractivity contribution in [1.82, 2.24) is 15.0 Å². The van der Waals surface area contributed by atoms with E-state index in [1.165, 1.54) is 26.4 Å². The van der Waals surface area contributed by atoms with Crippen molar-refractivity contribution in [2.45, 2.75) is 24.0 Å². The maximum absolute atomic E-state index is 5.30. The summed E-state index contributed by atoms with van der Waals surface area (Å²) in [6, 6.07) is 0.243. The van der Waals surface area contributed by atoms with Crippen LogP contribution in [0.5, 0.6) is 6.01 Å². The summed E-state index contributed by atoms with van der Waals surface area (Å²) in [5, 5.41) is 3.23. The maximum Gasteiger partial charge on any atom is 0.322 e. The number of rotatable bonds is 6. The fourth-order valence-corrected chi connectivity index (χ4v) is 2.77. The molecular formula is C10H18N6OS. The zero-order valence-corrected chi connectivity index (χ0v) is 11.4. The Morgan fingerprint density at radius 3 is 2.56 bits per heavy atom. The molecule has 1 aromatic rings. The fraction of sp³-hybridized carbons (Fsp3) is 0.700. The molecule has 2 rings (SSSR count). The molecule has 1 fully saturated rings. The lowest BCUT2D eigenvalue weighted by atomic mass is 9.84. The van der Waals surface area contributed by atoms with Crippen LogP contribution < -0.4 is 21.3 Å². The van der Waals surface area contributed by atoms with E-state index in [2.05, 4.69) is 32.0 Å². The zero-order chi connectivity index (χ0) is 13.0. The van der Waals surface area contributed by atoms with Crippen LogP contribution in [0.15, 0.2) is 0 Å². The first kappa shape index (κ1) is 13.2. The third-order valence-electron chi connectivity index (χ3n) is 3.19. The zero-order valence-electron chi connectivity index (χ0n) is 10.6. The summed E-state index contributed by atoms with van der Waals surface area (Å²) in [4.78, 5) is 12.2. The second-order valence-corrected chi connectivity index (χ2v) is 5.48. The molecule has 1 heterocycles. The van der Waals surface area contributed by atoms with Crippen molar-refractivity contribution in [3.05, 3.63) is 0 Å². The number of anilines is 2. The molecule has 0 radical (unpaired) electrons. The molecule has 8 heteroatoms. The highest BCUT2D eigenvalue weighted by Crippen LogP contribution is 2.42. The molecule has 1 saturated carbocycles. The standard InChI is InChI=1S/C10H18N6OS/c1-17-9-14-7(13-8(15-9)16-11)12-6-10(18-2)4-3-5-10/h3-6,11H2,1-2H3,(H2,12,13,14,15,16). The third kappa shape index (κ3) is 2.75. The Morgan fingerprint density at radius 2 is 2.06 bits per heavy atom. The number of aromatic nitrogens is 3. The van der Waals surface area contributed by atoms with Gasteiger partial charge in [-0.15, -0.1) is 0 Å². The summed E-state index contributed by atoms with van der Waals surface area (Å²) >= 11 is 1.89. The summed E-state index contributed by atoms with van der Waals surface area (Å²) in [7, 11) is 1.51. The van der Waals surface area contributed by atoms with Gasteiger partial charge in [0.25, 0.3) is 0 Å². The van der Waals surface area contributed by atoms with E-state index in [9.17, 15) is 0 Å². The molecule has 0 spiro atoms. The first-order chi connectivity index (χ1) is 8.71. The molecule has 1 aromatic heterocycles. The highest BCUT2D eigenvalue weighted by atomic mass is 32.2. The van der Waals surface area contributed by atoms with Crippen LogP contribution in [0.4, 0.5) is 11.9 Å². The molecular weight excluding hydrogens is 252 g/mol. The van der Waals surface area contributed by atoms with Crippen LogP contribution in [-0.4, -0.2) is 39.6 Å². The number of nitrogens with two attached hydrogens (primary N) is 1. The summed E-state index contributed by atoms with van der Waals surface area (Å²) in [5.74, 6) is 6.07. The number of nitrogen functional groups attached to an aromatic ring is 1. The molecule has 0 aliphatic heterocycles. The second kappa shape index (κ2) is 5.57. The van der Waals surface area contributed by atoms with E-state index in [1.807, 2.05) is 11.8 Å². The second-order valence-electron chi connectivity index (χ2n) is 4.21. The Morgan fingerprint density at radius 1 is 1.33 bits per heavy atom. The number of nitrogens with zero attached hydrogens (tertiary/aromatic N) is 3. The van der Waals surface area contributed by atoms with E-state index < -0.39 is 0 Å². The number of hydrogen-bond donors (Lipinski definition) is 3. The molecule has 7 nitrogen and oxygen atoms in total. The van der Waals surface area contributed by atoms with Gasteiger partial charge in [0.05, 0.1) is 7.11 Å². The summed E-state index contributed by atoms with van der Waals surface area (Å²) in [6.45, 7) is 0.839. The Kier molecular flexibility index (Phi) is 4.07. The number of hydrogen-bond acceptors (Lipinski definition) is 8. The van der Waals surface area contributed by atoms with Crippen LogP contribution in [0.25, 0.3) is 0 Å². The number of thioether (sulfide) groups is 1. The predicted octanol–water partition coefficient (Wildman–Crippen LogP) is 0.863. The largest absolute Gasteiger partial charge is 0.467 e. The molecule has 0 amide bonds. The van der Waals surface area contributed by atoms with Gasteiger partial charge in [0.1, 0.15) is 0 Å². The van der Waals surface area contributed by atoms with Crippen molar-refractivity contribution in [2.75, 3.05) is 30.7 Å². The molecule has 1 aliphatic rings. The minimum Gasteiger partial charge on any atom is -0.467 e. The van der Waals surface area contributed by atoms with Gasteiger partial charge >= 0.3 is 6.01 Å². The average Bonchev–Trinajstić information content (AvgIpc) is 2.37. The van der Waals surface area contributed by atoms with Gasteiger partial charge in [0.15, 0.2) is 0 Å². The Balaban J connectivity index is 2.04. The van der Waals surface area contributed by atoms with Crippen molar-refractivity contribution in [3.63, 3.8) is 0 Å². The molecule has 4 N–H and O–H groups in total. The van der Waals surface area contributed by atoms with E-state index in [0.29, 0.717) is 10.7 Å². The van der Waals surface area contributed by atoms with Crippen molar-refractivity contribution < 1.29 is 4.74 Å². The van der Waals surface area contributed by atoms with Gasteiger partial charge in [-0.3, -0.25) is 5.43 Å². The lowest BCUT2D eigenvalue weighted by Crippen LogP contribution is -2.40. The molecule has 0 saturated heterocycles. The number of methoxy groups -OCH3 is 1. The highest BCUT2D eigenvalue weighted by Gasteiger charge is 2.36. The first-order valence-corrected chi connectivity index (χ1v) is 6.99. The summed E-state index contributed by atoms with van der Waals surface area (Å²) in [5.41, 5.74) is 2.39. The van der Waals surface area contributed by atoms with Gasteiger partial charge in [-0.2, -0.15) is 26.7 Å². The average molecular weight is 270 g/mol. The van der Waals surface area contributed by atoms with Crippen LogP contribution in [-0.2, 0) is 0 Å². The monoisotopic (exact) mass is 270 g/mol. The minimum atomic E-state index is 0.243. The van der Waals surface area contributed by atoms with E-state index in [0.717, 1.165) is 6.54 Å². The normalized spacial score (nSPS) is 16.8. The van der Waals surface area contributed by atoms with Crippen LogP contribution >= 0.6 is 11.8 Å².